The molecule has 4 amide bonds. The van der Waals surface area contributed by atoms with E-state index in [4.69, 9.17) is 0 Å². The lowest BCUT2D eigenvalue weighted by molar-refractivity contribution is -0.136. The zero-order valence-electron chi connectivity index (χ0n) is 15.7. The molecule has 3 aliphatic heterocycles. The summed E-state index contributed by atoms with van der Waals surface area (Å²) >= 11 is 0. The van der Waals surface area contributed by atoms with Crippen molar-refractivity contribution in [2.24, 2.45) is 5.41 Å². The highest BCUT2D eigenvalue weighted by Gasteiger charge is 2.46. The Morgan fingerprint density at radius 3 is 2.25 bits per heavy atom. The number of carbonyl (C=O) groups is 4. The summed E-state index contributed by atoms with van der Waals surface area (Å²) in [6.45, 7) is 2.06. The standard InChI is InChI=1S/C21H23N3O4/c25-17-3-2-16(18(26)23-17)24-19(27)14-8-12-10-21(4-1-6-22-7-5-21)11-13(12)9-15(14)20(24)28/h8-9,16,22H,1-7,10-11H2,(H,23,25,26). The number of piperidine rings is 1. The molecule has 5 rings (SSSR count). The predicted octanol–water partition coefficient (Wildman–Crippen LogP) is 0.946. The van der Waals surface area contributed by atoms with E-state index in [2.05, 4.69) is 10.6 Å². The van der Waals surface area contributed by atoms with Gasteiger partial charge in [-0.1, -0.05) is 0 Å². The first-order valence-corrected chi connectivity index (χ1v) is 10.1. The first-order chi connectivity index (χ1) is 13.5. The summed E-state index contributed by atoms with van der Waals surface area (Å²) < 4.78 is 0. The second kappa shape index (κ2) is 6.24. The summed E-state index contributed by atoms with van der Waals surface area (Å²) in [5, 5.41) is 5.69. The minimum atomic E-state index is -0.904. The SMILES string of the molecule is O=C1CCC(N2C(=O)c3cc4c(cc3C2=O)CC2(CCCNCC2)C4)C(=O)N1. The van der Waals surface area contributed by atoms with Crippen molar-refractivity contribution >= 4 is 23.6 Å². The van der Waals surface area contributed by atoms with Crippen molar-refractivity contribution in [3.8, 4) is 0 Å². The summed E-state index contributed by atoms with van der Waals surface area (Å²) in [6.07, 6.45) is 5.62. The molecular weight excluding hydrogens is 358 g/mol. The molecule has 4 aliphatic rings. The minimum Gasteiger partial charge on any atom is -0.317 e. The van der Waals surface area contributed by atoms with E-state index < -0.39 is 23.8 Å². The van der Waals surface area contributed by atoms with Gasteiger partial charge in [0.1, 0.15) is 6.04 Å². The fourth-order valence-electron chi connectivity index (χ4n) is 5.35. The highest BCUT2D eigenvalue weighted by molar-refractivity contribution is 6.23. The zero-order chi connectivity index (χ0) is 19.5. The molecular formula is C21H23N3O4. The van der Waals surface area contributed by atoms with E-state index in [1.54, 1.807) is 0 Å². The van der Waals surface area contributed by atoms with Crippen LogP contribution in [-0.4, -0.2) is 47.7 Å². The van der Waals surface area contributed by atoms with Crippen LogP contribution in [0.5, 0.6) is 0 Å². The fourth-order valence-corrected chi connectivity index (χ4v) is 5.35. The quantitative estimate of drug-likeness (QED) is 0.706. The van der Waals surface area contributed by atoms with E-state index in [-0.39, 0.29) is 24.2 Å². The van der Waals surface area contributed by atoms with Crippen molar-refractivity contribution in [3.05, 3.63) is 34.4 Å². The topological polar surface area (TPSA) is 95.6 Å². The number of carbonyl (C=O) groups excluding carboxylic acids is 4. The van der Waals surface area contributed by atoms with Crippen LogP contribution >= 0.6 is 0 Å². The smallest absolute Gasteiger partial charge is 0.262 e. The van der Waals surface area contributed by atoms with Crippen LogP contribution in [-0.2, 0) is 22.4 Å². The average Bonchev–Trinajstić information content (AvgIpc) is 3.00. The van der Waals surface area contributed by atoms with E-state index in [1.165, 1.54) is 0 Å². The number of hydrogen-bond acceptors (Lipinski definition) is 5. The molecule has 1 aromatic carbocycles. The Morgan fingerprint density at radius 1 is 0.929 bits per heavy atom. The number of rotatable bonds is 1. The van der Waals surface area contributed by atoms with Gasteiger partial charge in [0, 0.05) is 6.42 Å². The summed E-state index contributed by atoms with van der Waals surface area (Å²) in [4.78, 5) is 50.6. The predicted molar refractivity (Wildman–Crippen MR) is 99.7 cm³/mol. The van der Waals surface area contributed by atoms with Crippen LogP contribution in [0.2, 0.25) is 0 Å². The third kappa shape index (κ3) is 2.60. The Hall–Kier alpha value is -2.54. The van der Waals surface area contributed by atoms with Gasteiger partial charge >= 0.3 is 0 Å². The Kier molecular flexibility index (Phi) is 3.91. The van der Waals surface area contributed by atoms with Crippen molar-refractivity contribution in [3.63, 3.8) is 0 Å². The summed E-state index contributed by atoms with van der Waals surface area (Å²) in [5.41, 5.74) is 3.35. The number of hydrogen-bond donors (Lipinski definition) is 2. The molecule has 28 heavy (non-hydrogen) atoms. The van der Waals surface area contributed by atoms with Crippen molar-refractivity contribution in [1.29, 1.82) is 0 Å². The Morgan fingerprint density at radius 2 is 1.61 bits per heavy atom. The van der Waals surface area contributed by atoms with Crippen LogP contribution < -0.4 is 10.6 Å². The van der Waals surface area contributed by atoms with E-state index >= 15 is 0 Å². The maximum Gasteiger partial charge on any atom is 0.262 e. The molecule has 1 atom stereocenters. The lowest BCUT2D eigenvalue weighted by Crippen LogP contribution is -2.54. The molecule has 0 aromatic heterocycles. The van der Waals surface area contributed by atoms with Gasteiger partial charge in [0.2, 0.25) is 11.8 Å². The number of nitrogens with zero attached hydrogens (tertiary/aromatic N) is 1. The average molecular weight is 381 g/mol. The summed E-state index contributed by atoms with van der Waals surface area (Å²) in [5.74, 6) is -1.76. The van der Waals surface area contributed by atoms with Crippen LogP contribution in [0.1, 0.15) is 63.9 Å². The Balaban J connectivity index is 1.45. The summed E-state index contributed by atoms with van der Waals surface area (Å²) in [6, 6.07) is 2.85. The third-order valence-electron chi connectivity index (χ3n) is 6.78. The lowest BCUT2D eigenvalue weighted by Gasteiger charge is -2.28. The van der Waals surface area contributed by atoms with E-state index in [0.717, 1.165) is 61.2 Å². The third-order valence-corrected chi connectivity index (χ3v) is 6.78. The van der Waals surface area contributed by atoms with Gasteiger partial charge in [-0.3, -0.25) is 29.4 Å². The van der Waals surface area contributed by atoms with Crippen molar-refractivity contribution in [1.82, 2.24) is 15.5 Å². The van der Waals surface area contributed by atoms with Gasteiger partial charge in [0.25, 0.3) is 11.8 Å². The zero-order valence-corrected chi connectivity index (χ0v) is 15.7. The fraction of sp³-hybridized carbons (Fsp3) is 0.524. The number of nitrogens with one attached hydrogen (secondary N) is 2. The van der Waals surface area contributed by atoms with Crippen LogP contribution in [0.25, 0.3) is 0 Å². The van der Waals surface area contributed by atoms with Crippen LogP contribution in [0.4, 0.5) is 0 Å². The van der Waals surface area contributed by atoms with Gasteiger partial charge in [-0.05, 0) is 80.3 Å². The molecule has 3 heterocycles. The first-order valence-electron chi connectivity index (χ1n) is 10.1. The maximum absolute atomic E-state index is 13.0. The number of imide groups is 2. The van der Waals surface area contributed by atoms with Gasteiger partial charge < -0.3 is 5.32 Å². The highest BCUT2D eigenvalue weighted by atomic mass is 16.2. The molecule has 0 radical (unpaired) electrons. The largest absolute Gasteiger partial charge is 0.317 e. The van der Waals surface area contributed by atoms with Crippen molar-refractivity contribution in [2.75, 3.05) is 13.1 Å². The highest BCUT2D eigenvalue weighted by Crippen LogP contribution is 2.45. The molecule has 2 fully saturated rings. The molecule has 1 aromatic rings. The molecule has 146 valence electrons. The van der Waals surface area contributed by atoms with E-state index in [1.807, 2.05) is 12.1 Å². The molecule has 0 saturated carbocycles. The van der Waals surface area contributed by atoms with Gasteiger partial charge in [0.05, 0.1) is 11.1 Å². The molecule has 2 saturated heterocycles. The van der Waals surface area contributed by atoms with E-state index in [0.29, 0.717) is 11.1 Å². The second-order valence-corrected chi connectivity index (χ2v) is 8.57. The number of fused-ring (bicyclic) bond motifs is 2. The van der Waals surface area contributed by atoms with Gasteiger partial charge in [0.15, 0.2) is 0 Å². The number of benzene rings is 1. The van der Waals surface area contributed by atoms with Gasteiger partial charge in [-0.2, -0.15) is 0 Å². The maximum atomic E-state index is 13.0. The number of amides is 4. The Bertz CT molecular complexity index is 867. The second-order valence-electron chi connectivity index (χ2n) is 8.57. The molecule has 1 aliphatic carbocycles. The molecule has 2 N–H and O–H groups in total. The lowest BCUT2D eigenvalue weighted by atomic mass is 9.78. The van der Waals surface area contributed by atoms with Gasteiger partial charge in [-0.15, -0.1) is 0 Å². The monoisotopic (exact) mass is 381 g/mol. The van der Waals surface area contributed by atoms with Crippen molar-refractivity contribution < 1.29 is 19.2 Å². The Labute approximate surface area is 162 Å². The van der Waals surface area contributed by atoms with E-state index in [9.17, 15) is 19.2 Å². The summed E-state index contributed by atoms with van der Waals surface area (Å²) in [7, 11) is 0. The van der Waals surface area contributed by atoms with Crippen LogP contribution in [0, 0.1) is 5.41 Å². The van der Waals surface area contributed by atoms with Crippen LogP contribution in [0.3, 0.4) is 0 Å². The van der Waals surface area contributed by atoms with Crippen molar-refractivity contribution in [2.45, 2.75) is 51.0 Å². The molecule has 1 unspecified atom stereocenters. The molecule has 0 bridgehead atoms. The normalized spacial score (nSPS) is 26.3. The van der Waals surface area contributed by atoms with Crippen LogP contribution in [0.15, 0.2) is 12.1 Å². The first kappa shape index (κ1) is 17.6. The minimum absolute atomic E-state index is 0.136. The van der Waals surface area contributed by atoms with Gasteiger partial charge in [-0.25, -0.2) is 0 Å². The molecule has 1 spiro atoms. The molecule has 7 nitrogen and oxygen atoms in total. The molecule has 7 heteroatoms.